The van der Waals surface area contributed by atoms with Gasteiger partial charge < -0.3 is 15.0 Å². The van der Waals surface area contributed by atoms with E-state index in [1.54, 1.807) is 7.11 Å². The molecule has 27 heavy (non-hydrogen) atoms. The Morgan fingerprint density at radius 3 is 2.63 bits per heavy atom. The summed E-state index contributed by atoms with van der Waals surface area (Å²) in [6.07, 6.45) is 4.60. The normalized spacial score (nSPS) is 17.5. The van der Waals surface area contributed by atoms with E-state index in [0.29, 0.717) is 18.2 Å². The van der Waals surface area contributed by atoms with Crippen molar-refractivity contribution in [2.45, 2.75) is 30.2 Å². The molecular weight excluding hydrogens is 364 g/mol. The standard InChI is InChI=1S/C19H26N4O3S/c1-23(13-14-6-8-16(26-2)9-7-14)19-21-12-17(27(3,24)25)18(22-19)15-5-4-10-20-11-15/h6-9,12,15,20H,4-5,10-11,13H2,1-3H3/t15-/m0/s1. The summed E-state index contributed by atoms with van der Waals surface area (Å²) in [5, 5.41) is 3.33. The third-order valence-electron chi connectivity index (χ3n) is 4.77. The molecule has 2 aromatic rings. The topological polar surface area (TPSA) is 84.4 Å². The maximum absolute atomic E-state index is 12.2. The van der Waals surface area contributed by atoms with Crippen molar-refractivity contribution in [2.24, 2.45) is 0 Å². The molecule has 0 unspecified atom stereocenters. The summed E-state index contributed by atoms with van der Waals surface area (Å²) in [6.45, 7) is 2.31. The highest BCUT2D eigenvalue weighted by Gasteiger charge is 2.25. The molecule has 0 saturated carbocycles. The van der Waals surface area contributed by atoms with Crippen LogP contribution >= 0.6 is 0 Å². The van der Waals surface area contributed by atoms with Gasteiger partial charge in [-0.25, -0.2) is 18.4 Å². The molecule has 7 nitrogen and oxygen atoms in total. The molecule has 0 bridgehead atoms. The summed E-state index contributed by atoms with van der Waals surface area (Å²) in [6, 6.07) is 7.81. The second-order valence-corrected chi connectivity index (χ2v) is 8.92. The van der Waals surface area contributed by atoms with Crippen LogP contribution in [0.1, 0.15) is 30.0 Å². The highest BCUT2D eigenvalue weighted by atomic mass is 32.2. The molecule has 1 atom stereocenters. The van der Waals surface area contributed by atoms with Gasteiger partial charge in [0.05, 0.1) is 19.0 Å². The van der Waals surface area contributed by atoms with Gasteiger partial charge in [0.2, 0.25) is 5.95 Å². The van der Waals surface area contributed by atoms with Crippen LogP contribution in [0.15, 0.2) is 35.4 Å². The average Bonchev–Trinajstić information content (AvgIpc) is 2.68. The van der Waals surface area contributed by atoms with Crippen LogP contribution < -0.4 is 15.0 Å². The van der Waals surface area contributed by atoms with E-state index in [-0.39, 0.29) is 10.8 Å². The predicted molar refractivity (Wildman–Crippen MR) is 105 cm³/mol. The number of methoxy groups -OCH3 is 1. The summed E-state index contributed by atoms with van der Waals surface area (Å²) < 4.78 is 29.6. The number of aromatic nitrogens is 2. The minimum Gasteiger partial charge on any atom is -0.497 e. The van der Waals surface area contributed by atoms with Gasteiger partial charge in [-0.3, -0.25) is 0 Å². The van der Waals surface area contributed by atoms with Crippen LogP contribution in [0.3, 0.4) is 0 Å². The van der Waals surface area contributed by atoms with Gasteiger partial charge in [0, 0.05) is 32.3 Å². The van der Waals surface area contributed by atoms with E-state index in [1.807, 2.05) is 36.2 Å². The fourth-order valence-electron chi connectivity index (χ4n) is 3.30. The number of hydrogen-bond donors (Lipinski definition) is 1. The van der Waals surface area contributed by atoms with E-state index in [0.717, 1.165) is 37.2 Å². The van der Waals surface area contributed by atoms with E-state index in [9.17, 15) is 8.42 Å². The van der Waals surface area contributed by atoms with Crippen molar-refractivity contribution < 1.29 is 13.2 Å². The molecule has 8 heteroatoms. The number of hydrogen-bond acceptors (Lipinski definition) is 7. The van der Waals surface area contributed by atoms with Gasteiger partial charge in [-0.2, -0.15) is 0 Å². The molecule has 0 aliphatic carbocycles. The fraction of sp³-hybridized carbons (Fsp3) is 0.474. The third-order valence-corrected chi connectivity index (χ3v) is 5.89. The highest BCUT2D eigenvalue weighted by molar-refractivity contribution is 7.90. The van der Waals surface area contributed by atoms with E-state index in [2.05, 4.69) is 15.3 Å². The predicted octanol–water partition coefficient (Wildman–Crippen LogP) is 1.99. The number of nitrogens with zero attached hydrogens (tertiary/aromatic N) is 3. The zero-order valence-corrected chi connectivity index (χ0v) is 16.8. The molecule has 1 N–H and O–H groups in total. The summed E-state index contributed by atoms with van der Waals surface area (Å²) in [7, 11) is 0.167. The number of rotatable bonds is 6. The molecule has 1 aromatic carbocycles. The Hall–Kier alpha value is -2.19. The fourth-order valence-corrected chi connectivity index (χ4v) is 4.13. The van der Waals surface area contributed by atoms with Gasteiger partial charge in [0.15, 0.2) is 9.84 Å². The maximum atomic E-state index is 12.2. The van der Waals surface area contributed by atoms with Crippen LogP contribution in [0.5, 0.6) is 5.75 Å². The summed E-state index contributed by atoms with van der Waals surface area (Å²) in [4.78, 5) is 11.1. The van der Waals surface area contributed by atoms with Crippen LogP contribution in [0, 0.1) is 0 Å². The second-order valence-electron chi connectivity index (χ2n) is 6.94. The lowest BCUT2D eigenvalue weighted by atomic mass is 9.96. The number of sulfone groups is 1. The van der Waals surface area contributed by atoms with Crippen molar-refractivity contribution >= 4 is 15.8 Å². The van der Waals surface area contributed by atoms with E-state index >= 15 is 0 Å². The first-order valence-electron chi connectivity index (χ1n) is 9.00. The van der Waals surface area contributed by atoms with Crippen molar-refractivity contribution in [1.82, 2.24) is 15.3 Å². The summed E-state index contributed by atoms with van der Waals surface area (Å²) >= 11 is 0. The smallest absolute Gasteiger partial charge is 0.225 e. The van der Waals surface area contributed by atoms with Crippen LogP contribution in [0.2, 0.25) is 0 Å². The number of piperidine rings is 1. The van der Waals surface area contributed by atoms with E-state index in [1.165, 1.54) is 12.5 Å². The molecule has 1 fully saturated rings. The molecule has 0 amide bonds. The Kier molecular flexibility index (Phi) is 5.96. The first kappa shape index (κ1) is 19.6. The molecule has 146 valence electrons. The van der Waals surface area contributed by atoms with Gasteiger partial charge in [0.25, 0.3) is 0 Å². The van der Waals surface area contributed by atoms with Gasteiger partial charge in [0.1, 0.15) is 10.6 Å². The Balaban J connectivity index is 1.88. The minimum atomic E-state index is -3.38. The Morgan fingerprint density at radius 2 is 2.04 bits per heavy atom. The second kappa shape index (κ2) is 8.22. The van der Waals surface area contributed by atoms with Crippen LogP contribution in [0.25, 0.3) is 0 Å². The van der Waals surface area contributed by atoms with Crippen molar-refractivity contribution in [3.63, 3.8) is 0 Å². The van der Waals surface area contributed by atoms with Crippen molar-refractivity contribution in [3.8, 4) is 5.75 Å². The first-order chi connectivity index (χ1) is 12.9. The molecule has 1 aliphatic rings. The van der Waals surface area contributed by atoms with Crippen molar-refractivity contribution in [3.05, 3.63) is 41.7 Å². The van der Waals surface area contributed by atoms with E-state index < -0.39 is 9.84 Å². The minimum absolute atomic E-state index is 0.0830. The van der Waals surface area contributed by atoms with Gasteiger partial charge >= 0.3 is 0 Å². The Bertz CT molecular complexity index is 878. The molecule has 3 rings (SSSR count). The zero-order valence-electron chi connectivity index (χ0n) is 16.0. The molecular formula is C19H26N4O3S. The molecule has 1 aromatic heterocycles. The quantitative estimate of drug-likeness (QED) is 0.807. The number of benzene rings is 1. The SMILES string of the molecule is COc1ccc(CN(C)c2ncc(S(C)(=O)=O)c([C@H]3CCCNC3)n2)cc1. The molecule has 1 saturated heterocycles. The molecule has 0 spiro atoms. The first-order valence-corrected chi connectivity index (χ1v) is 10.9. The van der Waals surface area contributed by atoms with Crippen LogP contribution in [-0.2, 0) is 16.4 Å². The lowest BCUT2D eigenvalue weighted by molar-refractivity contribution is 0.414. The average molecular weight is 391 g/mol. The molecule has 0 radical (unpaired) electrons. The summed E-state index contributed by atoms with van der Waals surface area (Å²) in [5.41, 5.74) is 1.71. The molecule has 1 aliphatic heterocycles. The monoisotopic (exact) mass is 390 g/mol. The zero-order chi connectivity index (χ0) is 19.4. The van der Waals surface area contributed by atoms with Gasteiger partial charge in [-0.1, -0.05) is 12.1 Å². The lowest BCUT2D eigenvalue weighted by Crippen LogP contribution is -2.30. The van der Waals surface area contributed by atoms with Crippen LogP contribution in [0.4, 0.5) is 5.95 Å². The Morgan fingerprint density at radius 1 is 1.30 bits per heavy atom. The van der Waals surface area contributed by atoms with E-state index in [4.69, 9.17) is 4.74 Å². The number of nitrogens with one attached hydrogen (secondary N) is 1. The van der Waals surface area contributed by atoms with Crippen molar-refractivity contribution in [1.29, 1.82) is 0 Å². The molecule has 2 heterocycles. The van der Waals surface area contributed by atoms with Gasteiger partial charge in [-0.05, 0) is 37.1 Å². The maximum Gasteiger partial charge on any atom is 0.225 e. The number of anilines is 1. The highest BCUT2D eigenvalue weighted by Crippen LogP contribution is 2.28. The number of ether oxygens (including phenoxy) is 1. The third kappa shape index (κ3) is 4.75. The van der Waals surface area contributed by atoms with Crippen molar-refractivity contribution in [2.75, 3.05) is 38.4 Å². The van der Waals surface area contributed by atoms with Gasteiger partial charge in [-0.15, -0.1) is 0 Å². The largest absolute Gasteiger partial charge is 0.497 e. The summed E-state index contributed by atoms with van der Waals surface area (Å²) in [5.74, 6) is 1.42. The van der Waals surface area contributed by atoms with Crippen LogP contribution in [-0.4, -0.2) is 51.9 Å². The lowest BCUT2D eigenvalue weighted by Gasteiger charge is -2.25. The Labute approximate surface area is 160 Å².